The average molecular weight is 292 g/mol. The minimum absolute atomic E-state index is 0.00972. The molecule has 1 aliphatic rings. The highest BCUT2D eigenvalue weighted by atomic mass is 16.1. The summed E-state index contributed by atoms with van der Waals surface area (Å²) < 4.78 is 0. The summed E-state index contributed by atoms with van der Waals surface area (Å²) in [6.45, 7) is 4.37. The topological polar surface area (TPSA) is 34.1 Å². The first-order valence-electron chi connectivity index (χ1n) is 7.93. The SMILES string of the molecule is CCCC(C)Cc1cccc2c1C(=O)c1ccccc1C2=O. The second-order valence-electron chi connectivity index (χ2n) is 6.14. The quantitative estimate of drug-likeness (QED) is 0.712. The molecule has 0 aliphatic heterocycles. The number of hydrogen-bond donors (Lipinski definition) is 0. The van der Waals surface area contributed by atoms with Crippen LogP contribution in [0, 0.1) is 5.92 Å². The van der Waals surface area contributed by atoms with Gasteiger partial charge in [-0.25, -0.2) is 0 Å². The van der Waals surface area contributed by atoms with Crippen molar-refractivity contribution in [3.8, 4) is 0 Å². The lowest BCUT2D eigenvalue weighted by atomic mass is 9.80. The standard InChI is InChI=1S/C20H20O2/c1-3-7-13(2)12-14-8-6-11-17-18(14)20(22)16-10-5-4-9-15(16)19(17)21/h4-6,8-11,13H,3,7,12H2,1-2H3. The van der Waals surface area contributed by atoms with Crippen molar-refractivity contribution < 1.29 is 9.59 Å². The zero-order valence-electron chi connectivity index (χ0n) is 13.1. The highest BCUT2D eigenvalue weighted by Crippen LogP contribution is 2.30. The molecule has 3 rings (SSSR count). The Labute approximate surface area is 131 Å². The van der Waals surface area contributed by atoms with Crippen LogP contribution in [0.2, 0.25) is 0 Å². The maximum Gasteiger partial charge on any atom is 0.194 e. The number of ketones is 2. The van der Waals surface area contributed by atoms with Gasteiger partial charge in [-0.1, -0.05) is 69.2 Å². The molecule has 0 bridgehead atoms. The number of carbonyl (C=O) groups is 2. The van der Waals surface area contributed by atoms with Crippen molar-refractivity contribution in [1.82, 2.24) is 0 Å². The van der Waals surface area contributed by atoms with Crippen LogP contribution in [0.5, 0.6) is 0 Å². The van der Waals surface area contributed by atoms with Crippen molar-refractivity contribution in [2.75, 3.05) is 0 Å². The van der Waals surface area contributed by atoms with Crippen LogP contribution in [0.25, 0.3) is 0 Å². The molecule has 22 heavy (non-hydrogen) atoms. The van der Waals surface area contributed by atoms with Gasteiger partial charge in [-0.3, -0.25) is 9.59 Å². The number of fused-ring (bicyclic) bond motifs is 2. The summed E-state index contributed by atoms with van der Waals surface area (Å²) in [4.78, 5) is 25.5. The molecule has 1 atom stereocenters. The molecule has 0 radical (unpaired) electrons. The van der Waals surface area contributed by atoms with Crippen LogP contribution >= 0.6 is 0 Å². The molecule has 0 saturated heterocycles. The van der Waals surface area contributed by atoms with E-state index in [1.807, 2.05) is 24.3 Å². The van der Waals surface area contributed by atoms with Crippen LogP contribution in [0.15, 0.2) is 42.5 Å². The van der Waals surface area contributed by atoms with E-state index in [9.17, 15) is 9.59 Å². The van der Waals surface area contributed by atoms with Gasteiger partial charge in [0.1, 0.15) is 0 Å². The Hall–Kier alpha value is -2.22. The van der Waals surface area contributed by atoms with Gasteiger partial charge in [-0.05, 0) is 17.9 Å². The molecule has 1 unspecified atom stereocenters. The van der Waals surface area contributed by atoms with Crippen LogP contribution in [-0.2, 0) is 6.42 Å². The minimum atomic E-state index is -0.0322. The Balaban J connectivity index is 2.09. The summed E-state index contributed by atoms with van der Waals surface area (Å²) in [5, 5.41) is 0. The molecule has 2 aromatic carbocycles. The number of hydrogen-bond acceptors (Lipinski definition) is 2. The molecule has 2 nitrogen and oxygen atoms in total. The van der Waals surface area contributed by atoms with Crippen LogP contribution in [0.1, 0.15) is 64.1 Å². The maximum absolute atomic E-state index is 12.9. The molecule has 112 valence electrons. The fourth-order valence-corrected chi connectivity index (χ4v) is 3.36. The van der Waals surface area contributed by atoms with Gasteiger partial charge in [0.05, 0.1) is 0 Å². The monoisotopic (exact) mass is 292 g/mol. The summed E-state index contributed by atoms with van der Waals surface area (Å²) in [6.07, 6.45) is 3.10. The van der Waals surface area contributed by atoms with E-state index in [1.54, 1.807) is 18.2 Å². The predicted molar refractivity (Wildman–Crippen MR) is 87.5 cm³/mol. The normalized spacial score (nSPS) is 14.5. The molecule has 2 heteroatoms. The highest BCUT2D eigenvalue weighted by molar-refractivity contribution is 6.28. The van der Waals surface area contributed by atoms with Gasteiger partial charge in [0.2, 0.25) is 0 Å². The molecule has 0 aromatic heterocycles. The summed E-state index contributed by atoms with van der Waals surface area (Å²) in [5.74, 6) is 0.469. The number of carbonyl (C=O) groups excluding carboxylic acids is 2. The Morgan fingerprint density at radius 1 is 0.864 bits per heavy atom. The summed E-state index contributed by atoms with van der Waals surface area (Å²) >= 11 is 0. The van der Waals surface area contributed by atoms with Crippen molar-refractivity contribution in [2.45, 2.75) is 33.1 Å². The number of rotatable bonds is 4. The minimum Gasteiger partial charge on any atom is -0.289 e. The van der Waals surface area contributed by atoms with Crippen LogP contribution in [0.4, 0.5) is 0 Å². The van der Waals surface area contributed by atoms with E-state index >= 15 is 0 Å². The average Bonchev–Trinajstić information content (AvgIpc) is 2.53. The van der Waals surface area contributed by atoms with Gasteiger partial charge in [0, 0.05) is 22.3 Å². The third kappa shape index (κ3) is 2.39. The fraction of sp³-hybridized carbons (Fsp3) is 0.300. The summed E-state index contributed by atoms with van der Waals surface area (Å²) in [7, 11) is 0. The van der Waals surface area contributed by atoms with Crippen molar-refractivity contribution in [2.24, 2.45) is 5.92 Å². The zero-order chi connectivity index (χ0) is 15.7. The Kier molecular flexibility index (Phi) is 3.93. The van der Waals surface area contributed by atoms with E-state index in [1.165, 1.54) is 0 Å². The predicted octanol–water partition coefficient (Wildman–Crippen LogP) is 4.44. The first kappa shape index (κ1) is 14.7. The van der Waals surface area contributed by atoms with Crippen molar-refractivity contribution in [3.63, 3.8) is 0 Å². The second kappa shape index (κ2) is 5.88. The first-order chi connectivity index (χ1) is 10.6. The first-order valence-corrected chi connectivity index (χ1v) is 7.93. The van der Waals surface area contributed by atoms with Crippen LogP contribution in [-0.4, -0.2) is 11.6 Å². The van der Waals surface area contributed by atoms with Gasteiger partial charge < -0.3 is 0 Å². The van der Waals surface area contributed by atoms with E-state index in [0.717, 1.165) is 24.8 Å². The zero-order valence-corrected chi connectivity index (χ0v) is 13.1. The lowest BCUT2D eigenvalue weighted by Gasteiger charge is -2.21. The van der Waals surface area contributed by atoms with E-state index in [-0.39, 0.29) is 11.6 Å². The van der Waals surface area contributed by atoms with E-state index < -0.39 is 0 Å². The highest BCUT2D eigenvalue weighted by Gasteiger charge is 2.31. The van der Waals surface area contributed by atoms with Gasteiger partial charge in [0.25, 0.3) is 0 Å². The molecule has 1 aliphatic carbocycles. The Morgan fingerprint density at radius 2 is 1.50 bits per heavy atom. The molecule has 0 saturated carbocycles. The van der Waals surface area contributed by atoms with Gasteiger partial charge >= 0.3 is 0 Å². The van der Waals surface area contributed by atoms with Gasteiger partial charge in [0.15, 0.2) is 11.6 Å². The molecular weight excluding hydrogens is 272 g/mol. The third-order valence-electron chi connectivity index (χ3n) is 4.39. The van der Waals surface area contributed by atoms with E-state index in [0.29, 0.717) is 28.2 Å². The number of benzene rings is 2. The third-order valence-corrected chi connectivity index (χ3v) is 4.39. The largest absolute Gasteiger partial charge is 0.289 e. The maximum atomic E-state index is 12.9. The van der Waals surface area contributed by atoms with Crippen LogP contribution < -0.4 is 0 Å². The van der Waals surface area contributed by atoms with E-state index in [4.69, 9.17) is 0 Å². The smallest absolute Gasteiger partial charge is 0.194 e. The lowest BCUT2D eigenvalue weighted by Crippen LogP contribution is -2.23. The summed E-state index contributed by atoms with van der Waals surface area (Å²) in [5.41, 5.74) is 3.25. The molecule has 0 spiro atoms. The van der Waals surface area contributed by atoms with Crippen LogP contribution in [0.3, 0.4) is 0 Å². The molecule has 0 fully saturated rings. The molecular formula is C20H20O2. The lowest BCUT2D eigenvalue weighted by molar-refractivity contribution is 0.0978. The van der Waals surface area contributed by atoms with Crippen molar-refractivity contribution in [1.29, 1.82) is 0 Å². The van der Waals surface area contributed by atoms with Crippen molar-refractivity contribution in [3.05, 3.63) is 70.3 Å². The Morgan fingerprint density at radius 3 is 2.18 bits per heavy atom. The van der Waals surface area contributed by atoms with E-state index in [2.05, 4.69) is 13.8 Å². The van der Waals surface area contributed by atoms with Crippen molar-refractivity contribution >= 4 is 11.6 Å². The molecule has 0 heterocycles. The summed E-state index contributed by atoms with van der Waals surface area (Å²) in [6, 6.07) is 12.8. The molecule has 2 aromatic rings. The molecule has 0 N–H and O–H groups in total. The van der Waals surface area contributed by atoms with Gasteiger partial charge in [-0.2, -0.15) is 0 Å². The van der Waals surface area contributed by atoms with Gasteiger partial charge in [-0.15, -0.1) is 0 Å². The fourth-order valence-electron chi connectivity index (χ4n) is 3.36. The Bertz CT molecular complexity index is 743. The molecule has 0 amide bonds. The second-order valence-corrected chi connectivity index (χ2v) is 6.14.